The van der Waals surface area contributed by atoms with Gasteiger partial charge in [0.25, 0.3) is 5.71 Å². The highest BCUT2D eigenvalue weighted by molar-refractivity contribution is 6.30. The zero-order valence-corrected chi connectivity index (χ0v) is 17.1. The molecule has 0 fully saturated rings. The van der Waals surface area contributed by atoms with E-state index in [2.05, 4.69) is 15.0 Å². The zero-order chi connectivity index (χ0) is 22.1. The maximum Gasteiger partial charge on any atom is 0.341 e. The van der Waals surface area contributed by atoms with Crippen molar-refractivity contribution in [3.63, 3.8) is 0 Å². The molecule has 0 spiro atoms. The van der Waals surface area contributed by atoms with Crippen molar-refractivity contribution in [3.8, 4) is 29.0 Å². The molecule has 0 saturated carbocycles. The van der Waals surface area contributed by atoms with E-state index in [4.69, 9.17) is 30.6 Å². The third-order valence-electron chi connectivity index (χ3n) is 4.29. The third kappa shape index (κ3) is 4.26. The summed E-state index contributed by atoms with van der Waals surface area (Å²) in [5.41, 5.74) is 2.65. The van der Waals surface area contributed by atoms with Crippen LogP contribution in [0.25, 0.3) is 22.7 Å². The minimum atomic E-state index is -1.06. The normalized spacial score (nSPS) is 11.0. The number of carboxylic acid groups (broad SMARTS) is 1. The molecule has 158 valence electrons. The number of aromatic nitrogens is 3. The molecule has 2 aromatic carbocycles. The van der Waals surface area contributed by atoms with Gasteiger partial charge in [0.1, 0.15) is 11.3 Å². The molecule has 0 radical (unpaired) electrons. The first-order chi connectivity index (χ1) is 14.8. The number of halogens is 2. The molecular weight excluding hydrogens is 429 g/mol. The summed E-state index contributed by atoms with van der Waals surface area (Å²) in [6, 6.07) is 7.75. The highest BCUT2D eigenvalue weighted by Gasteiger charge is 2.16. The molecule has 2 heterocycles. The number of carbonyl (C=O) groups is 1. The zero-order valence-electron chi connectivity index (χ0n) is 16.3. The maximum absolute atomic E-state index is 14.0. The summed E-state index contributed by atoms with van der Waals surface area (Å²) in [6.45, 7) is 3.15. The lowest BCUT2D eigenvalue weighted by molar-refractivity contribution is -0.139. The van der Waals surface area contributed by atoms with Crippen LogP contribution in [0.5, 0.6) is 17.5 Å². The van der Waals surface area contributed by atoms with Crippen molar-refractivity contribution in [3.05, 3.63) is 58.5 Å². The standard InChI is InChI=1S/C21H15ClFN3O5/c1-10-6-12(7-11(2)18(10)29-9-16(27)28)19-25-14-8-24-21(26-20(14)31-19)30-15-5-3-4-13(22)17(15)23/h3-8H,9H2,1-2H3,(H,27,28). The van der Waals surface area contributed by atoms with E-state index in [1.807, 2.05) is 0 Å². The second-order valence-corrected chi connectivity index (χ2v) is 7.04. The fourth-order valence-electron chi connectivity index (χ4n) is 2.99. The lowest BCUT2D eigenvalue weighted by Gasteiger charge is -2.11. The van der Waals surface area contributed by atoms with Gasteiger partial charge in [0.2, 0.25) is 5.89 Å². The van der Waals surface area contributed by atoms with Crippen LogP contribution in [0.1, 0.15) is 11.1 Å². The Kier molecular flexibility index (Phi) is 5.43. The van der Waals surface area contributed by atoms with E-state index in [0.29, 0.717) is 16.8 Å². The second-order valence-electron chi connectivity index (χ2n) is 6.64. The van der Waals surface area contributed by atoms with Crippen molar-refractivity contribution in [1.82, 2.24) is 15.0 Å². The number of hydrogen-bond acceptors (Lipinski definition) is 7. The molecule has 0 bridgehead atoms. The van der Waals surface area contributed by atoms with Crippen molar-refractivity contribution >= 4 is 28.8 Å². The molecule has 0 atom stereocenters. The molecule has 10 heteroatoms. The molecule has 8 nitrogen and oxygen atoms in total. The molecule has 31 heavy (non-hydrogen) atoms. The Labute approximate surface area is 180 Å². The smallest absolute Gasteiger partial charge is 0.341 e. The number of nitrogens with zero attached hydrogens (tertiary/aromatic N) is 3. The average molecular weight is 444 g/mol. The first kappa shape index (κ1) is 20.5. The first-order valence-corrected chi connectivity index (χ1v) is 9.41. The first-order valence-electron chi connectivity index (χ1n) is 9.03. The topological polar surface area (TPSA) is 108 Å². The van der Waals surface area contributed by atoms with Crippen molar-refractivity contribution in [2.75, 3.05) is 6.61 Å². The number of hydrogen-bond donors (Lipinski definition) is 1. The van der Waals surface area contributed by atoms with Crippen LogP contribution in [0.3, 0.4) is 0 Å². The van der Waals surface area contributed by atoms with E-state index in [1.54, 1.807) is 32.0 Å². The Morgan fingerprint density at radius 3 is 2.68 bits per heavy atom. The van der Waals surface area contributed by atoms with E-state index in [-0.39, 0.29) is 28.4 Å². The SMILES string of the molecule is Cc1cc(-c2nc3cnc(Oc4cccc(Cl)c4F)nc3o2)cc(C)c1OCC(=O)O. The number of ether oxygens (including phenoxy) is 2. The Bertz CT molecular complexity index is 1280. The Balaban J connectivity index is 1.64. The van der Waals surface area contributed by atoms with Crippen molar-refractivity contribution in [2.24, 2.45) is 0 Å². The van der Waals surface area contributed by atoms with Crippen LogP contribution in [0, 0.1) is 19.7 Å². The number of fused-ring (bicyclic) bond motifs is 1. The van der Waals surface area contributed by atoms with Crippen molar-refractivity contribution < 1.29 is 28.2 Å². The van der Waals surface area contributed by atoms with Crippen molar-refractivity contribution in [2.45, 2.75) is 13.8 Å². The Hall–Kier alpha value is -3.72. The molecule has 2 aromatic heterocycles. The summed E-state index contributed by atoms with van der Waals surface area (Å²) in [6.07, 6.45) is 1.40. The van der Waals surface area contributed by atoms with Gasteiger partial charge in [-0.05, 0) is 49.2 Å². The summed E-state index contributed by atoms with van der Waals surface area (Å²) in [7, 11) is 0. The molecule has 1 N–H and O–H groups in total. The van der Waals surface area contributed by atoms with Gasteiger partial charge in [-0.3, -0.25) is 0 Å². The van der Waals surface area contributed by atoms with E-state index in [0.717, 1.165) is 11.1 Å². The summed E-state index contributed by atoms with van der Waals surface area (Å²) < 4.78 is 30.5. The van der Waals surface area contributed by atoms with Crippen LogP contribution in [0.15, 0.2) is 40.9 Å². The van der Waals surface area contributed by atoms with E-state index < -0.39 is 18.4 Å². The largest absolute Gasteiger partial charge is 0.481 e. The molecule has 0 saturated heterocycles. The van der Waals surface area contributed by atoms with Gasteiger partial charge in [-0.1, -0.05) is 17.7 Å². The van der Waals surface area contributed by atoms with Gasteiger partial charge in [0.15, 0.2) is 18.2 Å². The number of rotatable bonds is 6. The van der Waals surface area contributed by atoms with Crippen LogP contribution in [0.4, 0.5) is 4.39 Å². The van der Waals surface area contributed by atoms with E-state index >= 15 is 0 Å². The quantitative estimate of drug-likeness (QED) is 0.446. The number of carboxylic acids is 1. The monoisotopic (exact) mass is 443 g/mol. The lowest BCUT2D eigenvalue weighted by Crippen LogP contribution is -2.10. The Morgan fingerprint density at radius 1 is 1.23 bits per heavy atom. The van der Waals surface area contributed by atoms with Crippen molar-refractivity contribution in [1.29, 1.82) is 0 Å². The average Bonchev–Trinajstić information content (AvgIpc) is 3.14. The second kappa shape index (κ2) is 8.19. The number of aliphatic carboxylic acids is 1. The summed E-state index contributed by atoms with van der Waals surface area (Å²) in [4.78, 5) is 23.3. The van der Waals surface area contributed by atoms with Gasteiger partial charge >= 0.3 is 12.0 Å². The fraction of sp³-hybridized carbons (Fsp3) is 0.143. The molecule has 0 amide bonds. The van der Waals surface area contributed by atoms with Crippen LogP contribution in [0.2, 0.25) is 5.02 Å². The lowest BCUT2D eigenvalue weighted by atomic mass is 10.1. The minimum Gasteiger partial charge on any atom is -0.481 e. The number of aryl methyl sites for hydroxylation is 2. The van der Waals surface area contributed by atoms with Crippen LogP contribution in [-0.4, -0.2) is 32.6 Å². The predicted molar refractivity (Wildman–Crippen MR) is 109 cm³/mol. The maximum atomic E-state index is 14.0. The van der Waals surface area contributed by atoms with Gasteiger partial charge in [0.05, 0.1) is 11.2 Å². The van der Waals surface area contributed by atoms with E-state index in [1.165, 1.54) is 18.3 Å². The molecule has 0 unspecified atom stereocenters. The summed E-state index contributed by atoms with van der Waals surface area (Å²) in [5.74, 6) is -1.12. The highest BCUT2D eigenvalue weighted by atomic mass is 35.5. The number of oxazole rings is 1. The molecular formula is C21H15ClFN3O5. The van der Waals surface area contributed by atoms with Gasteiger partial charge in [-0.2, -0.15) is 4.98 Å². The van der Waals surface area contributed by atoms with E-state index in [9.17, 15) is 9.18 Å². The van der Waals surface area contributed by atoms with Crippen LogP contribution < -0.4 is 9.47 Å². The molecule has 0 aliphatic rings. The highest BCUT2D eigenvalue weighted by Crippen LogP contribution is 2.32. The summed E-state index contributed by atoms with van der Waals surface area (Å²) >= 11 is 5.76. The van der Waals surface area contributed by atoms with Gasteiger partial charge in [-0.25, -0.2) is 19.2 Å². The van der Waals surface area contributed by atoms with Gasteiger partial charge in [0, 0.05) is 5.56 Å². The molecule has 0 aliphatic heterocycles. The number of benzene rings is 2. The fourth-order valence-corrected chi connectivity index (χ4v) is 3.16. The van der Waals surface area contributed by atoms with Crippen LogP contribution >= 0.6 is 11.6 Å². The molecule has 4 aromatic rings. The van der Waals surface area contributed by atoms with Gasteiger partial charge in [-0.15, -0.1) is 0 Å². The minimum absolute atomic E-state index is 0.0814. The molecule has 0 aliphatic carbocycles. The third-order valence-corrected chi connectivity index (χ3v) is 4.59. The Morgan fingerprint density at radius 2 is 1.97 bits per heavy atom. The van der Waals surface area contributed by atoms with Gasteiger partial charge < -0.3 is 19.0 Å². The van der Waals surface area contributed by atoms with Crippen LogP contribution in [-0.2, 0) is 4.79 Å². The molecule has 4 rings (SSSR count). The summed E-state index contributed by atoms with van der Waals surface area (Å²) in [5, 5.41) is 8.73. The predicted octanol–water partition coefficient (Wildman–Crippen LogP) is 4.95.